The summed E-state index contributed by atoms with van der Waals surface area (Å²) in [6, 6.07) is 16.1. The van der Waals surface area contributed by atoms with Gasteiger partial charge < -0.3 is 18.9 Å². The van der Waals surface area contributed by atoms with Gasteiger partial charge in [0.2, 0.25) is 0 Å². The number of benzene rings is 3. The number of esters is 3. The third-order valence-corrected chi connectivity index (χ3v) is 7.55. The summed E-state index contributed by atoms with van der Waals surface area (Å²) < 4.78 is 36.5. The Morgan fingerprint density at radius 3 is 1.70 bits per heavy atom. The Hall–Kier alpha value is -4.20. The molecule has 8 heteroatoms. The van der Waals surface area contributed by atoms with Gasteiger partial charge in [0.25, 0.3) is 0 Å². The first-order valence-corrected chi connectivity index (χ1v) is 16.6. The molecule has 0 amide bonds. The fourth-order valence-electron chi connectivity index (χ4n) is 4.82. The van der Waals surface area contributed by atoms with Crippen LogP contribution in [0.1, 0.15) is 129 Å². The maximum Gasteiger partial charge on any atom is 0.343 e. The van der Waals surface area contributed by atoms with Gasteiger partial charge in [-0.25, -0.2) is 18.8 Å². The second-order valence-corrected chi connectivity index (χ2v) is 11.5. The van der Waals surface area contributed by atoms with Crippen molar-refractivity contribution in [2.45, 2.75) is 104 Å². The van der Waals surface area contributed by atoms with E-state index in [2.05, 4.69) is 13.8 Å². The standard InChI is InChI=1S/C38H47FO7/c1-4-6-8-10-11-12-14-26-43-31-20-16-29(17-21-31)36(40)45-32-22-18-30(19-23-32)37(41)46-33-24-25-34(35(39)27-33)38(42)44-28(3)15-13-9-7-5-2/h16-25,27-28H,4-15,26H2,1-3H3. The van der Waals surface area contributed by atoms with Crippen molar-refractivity contribution < 1.29 is 37.7 Å². The van der Waals surface area contributed by atoms with E-state index < -0.39 is 23.7 Å². The van der Waals surface area contributed by atoms with Crippen LogP contribution in [0.3, 0.4) is 0 Å². The van der Waals surface area contributed by atoms with Crippen molar-refractivity contribution >= 4 is 17.9 Å². The smallest absolute Gasteiger partial charge is 0.343 e. The first kappa shape index (κ1) is 36.3. The summed E-state index contributed by atoms with van der Waals surface area (Å²) in [5.41, 5.74) is 0.308. The Labute approximate surface area is 272 Å². The molecule has 0 N–H and O–H groups in total. The third-order valence-electron chi connectivity index (χ3n) is 7.55. The monoisotopic (exact) mass is 634 g/mol. The Bertz CT molecular complexity index is 1370. The van der Waals surface area contributed by atoms with Gasteiger partial charge in [-0.1, -0.05) is 71.6 Å². The molecule has 3 aromatic carbocycles. The molecular formula is C38H47FO7. The van der Waals surface area contributed by atoms with Gasteiger partial charge in [0.15, 0.2) is 0 Å². The Morgan fingerprint density at radius 1 is 0.609 bits per heavy atom. The molecule has 0 heterocycles. The first-order valence-electron chi connectivity index (χ1n) is 16.6. The topological polar surface area (TPSA) is 88.1 Å². The van der Waals surface area contributed by atoms with Crippen LogP contribution in [0, 0.1) is 5.82 Å². The molecule has 1 atom stereocenters. The lowest BCUT2D eigenvalue weighted by Gasteiger charge is -2.14. The minimum Gasteiger partial charge on any atom is -0.494 e. The van der Waals surface area contributed by atoms with E-state index in [1.54, 1.807) is 31.2 Å². The van der Waals surface area contributed by atoms with Crippen LogP contribution in [-0.4, -0.2) is 30.6 Å². The second kappa shape index (κ2) is 20.0. The van der Waals surface area contributed by atoms with Crippen molar-refractivity contribution in [1.82, 2.24) is 0 Å². The van der Waals surface area contributed by atoms with Crippen molar-refractivity contribution in [3.05, 3.63) is 89.2 Å². The highest BCUT2D eigenvalue weighted by Gasteiger charge is 2.18. The van der Waals surface area contributed by atoms with Gasteiger partial charge in [0, 0.05) is 6.07 Å². The number of carbonyl (C=O) groups excluding carboxylic acids is 3. The normalized spacial score (nSPS) is 11.5. The molecule has 0 radical (unpaired) electrons. The molecule has 3 rings (SSSR count). The maximum absolute atomic E-state index is 14.7. The predicted molar refractivity (Wildman–Crippen MR) is 176 cm³/mol. The number of hydrogen-bond donors (Lipinski definition) is 0. The molecule has 3 aromatic rings. The number of rotatable bonds is 20. The maximum atomic E-state index is 14.7. The quantitative estimate of drug-likeness (QED) is 0.0694. The van der Waals surface area contributed by atoms with Crippen LogP contribution in [0.5, 0.6) is 17.2 Å². The van der Waals surface area contributed by atoms with E-state index in [0.29, 0.717) is 24.3 Å². The van der Waals surface area contributed by atoms with Crippen molar-refractivity contribution in [2.24, 2.45) is 0 Å². The Kier molecular flexibility index (Phi) is 15.8. The van der Waals surface area contributed by atoms with Crippen molar-refractivity contribution in [3.63, 3.8) is 0 Å². The molecule has 0 saturated heterocycles. The van der Waals surface area contributed by atoms with Crippen molar-refractivity contribution in [2.75, 3.05) is 6.61 Å². The minimum atomic E-state index is -0.844. The fraction of sp³-hybridized carbons (Fsp3) is 0.447. The summed E-state index contributed by atoms with van der Waals surface area (Å²) in [6.07, 6.45) is 13.1. The summed E-state index contributed by atoms with van der Waals surface area (Å²) in [6.45, 7) is 6.76. The predicted octanol–water partition coefficient (Wildman–Crippen LogP) is 9.91. The van der Waals surface area contributed by atoms with Crippen molar-refractivity contribution in [3.8, 4) is 17.2 Å². The number of halogens is 1. The summed E-state index contributed by atoms with van der Waals surface area (Å²) in [4.78, 5) is 37.7. The molecule has 0 fully saturated rings. The summed E-state index contributed by atoms with van der Waals surface area (Å²) >= 11 is 0. The van der Waals surface area contributed by atoms with Gasteiger partial charge in [-0.3, -0.25) is 0 Å². The zero-order valence-corrected chi connectivity index (χ0v) is 27.4. The van der Waals surface area contributed by atoms with Gasteiger partial charge in [-0.2, -0.15) is 0 Å². The fourth-order valence-corrected chi connectivity index (χ4v) is 4.82. The highest BCUT2D eigenvalue weighted by molar-refractivity contribution is 5.93. The number of unbranched alkanes of at least 4 members (excludes halogenated alkanes) is 9. The molecular weight excluding hydrogens is 587 g/mol. The van der Waals surface area contributed by atoms with Gasteiger partial charge in [0.05, 0.1) is 29.4 Å². The van der Waals surface area contributed by atoms with E-state index in [1.165, 1.54) is 68.5 Å². The molecule has 0 bridgehead atoms. The highest BCUT2D eigenvalue weighted by atomic mass is 19.1. The molecule has 0 aliphatic carbocycles. The van der Waals surface area contributed by atoms with E-state index in [9.17, 15) is 18.8 Å². The average Bonchev–Trinajstić information content (AvgIpc) is 3.05. The Morgan fingerprint density at radius 2 is 1.11 bits per heavy atom. The van der Waals surface area contributed by atoms with Crippen LogP contribution in [0.15, 0.2) is 66.7 Å². The lowest BCUT2D eigenvalue weighted by molar-refractivity contribution is 0.0314. The van der Waals surface area contributed by atoms with Crippen LogP contribution in [0.2, 0.25) is 0 Å². The molecule has 248 valence electrons. The third kappa shape index (κ3) is 12.7. The van der Waals surface area contributed by atoms with E-state index in [4.69, 9.17) is 18.9 Å². The highest BCUT2D eigenvalue weighted by Crippen LogP contribution is 2.22. The van der Waals surface area contributed by atoms with Crippen LogP contribution >= 0.6 is 0 Å². The average molecular weight is 635 g/mol. The van der Waals surface area contributed by atoms with Crippen LogP contribution in [-0.2, 0) is 4.74 Å². The van der Waals surface area contributed by atoms with Crippen LogP contribution in [0.25, 0.3) is 0 Å². The molecule has 46 heavy (non-hydrogen) atoms. The first-order chi connectivity index (χ1) is 22.3. The summed E-state index contributed by atoms with van der Waals surface area (Å²) in [5, 5.41) is 0. The molecule has 0 spiro atoms. The Balaban J connectivity index is 1.44. The van der Waals surface area contributed by atoms with E-state index >= 15 is 0 Å². The number of ether oxygens (including phenoxy) is 4. The summed E-state index contributed by atoms with van der Waals surface area (Å²) in [7, 11) is 0. The molecule has 0 saturated carbocycles. The van der Waals surface area contributed by atoms with E-state index in [0.717, 1.165) is 44.6 Å². The second-order valence-electron chi connectivity index (χ2n) is 11.5. The van der Waals surface area contributed by atoms with Crippen molar-refractivity contribution in [1.29, 1.82) is 0 Å². The molecule has 7 nitrogen and oxygen atoms in total. The van der Waals surface area contributed by atoms with Crippen LogP contribution < -0.4 is 14.2 Å². The summed E-state index contributed by atoms with van der Waals surface area (Å²) in [5.74, 6) is -2.00. The number of hydrogen-bond acceptors (Lipinski definition) is 7. The minimum absolute atomic E-state index is 0.0583. The lowest BCUT2D eigenvalue weighted by Crippen LogP contribution is -2.16. The SMILES string of the molecule is CCCCCCCCCOc1ccc(C(=O)Oc2ccc(C(=O)Oc3ccc(C(=O)OC(C)CCCCCC)c(F)c3)cc2)cc1. The largest absolute Gasteiger partial charge is 0.494 e. The molecule has 0 aliphatic heterocycles. The van der Waals surface area contributed by atoms with Gasteiger partial charge >= 0.3 is 17.9 Å². The van der Waals surface area contributed by atoms with Gasteiger partial charge in [-0.05, 0) is 86.8 Å². The van der Waals surface area contributed by atoms with Gasteiger partial charge in [-0.15, -0.1) is 0 Å². The zero-order valence-electron chi connectivity index (χ0n) is 27.4. The number of carbonyl (C=O) groups is 3. The molecule has 0 aromatic heterocycles. The zero-order chi connectivity index (χ0) is 33.1. The molecule has 1 unspecified atom stereocenters. The lowest BCUT2D eigenvalue weighted by atomic mass is 10.1. The van der Waals surface area contributed by atoms with E-state index in [-0.39, 0.29) is 28.7 Å². The van der Waals surface area contributed by atoms with Gasteiger partial charge in [0.1, 0.15) is 23.1 Å². The van der Waals surface area contributed by atoms with E-state index in [1.807, 2.05) is 0 Å². The molecule has 0 aliphatic rings. The van der Waals surface area contributed by atoms with Crippen LogP contribution in [0.4, 0.5) is 4.39 Å².